The molecule has 0 spiro atoms. The topological polar surface area (TPSA) is 47.6 Å². The molecule has 4 nitrogen and oxygen atoms in total. The molecule has 94 valence electrons. The number of benzene rings is 1. The SMILES string of the molecule is C=C1SC(=S)NC1=O.Clc1ccc2c(c1)OCO2. The van der Waals surface area contributed by atoms with Gasteiger partial charge in [0, 0.05) is 11.1 Å². The van der Waals surface area contributed by atoms with E-state index in [1.54, 1.807) is 18.2 Å². The van der Waals surface area contributed by atoms with Gasteiger partial charge in [-0.05, 0) is 12.1 Å². The molecular weight excluding hydrogens is 294 g/mol. The summed E-state index contributed by atoms with van der Waals surface area (Å²) in [6.45, 7) is 3.75. The van der Waals surface area contributed by atoms with E-state index in [1.807, 2.05) is 0 Å². The summed E-state index contributed by atoms with van der Waals surface area (Å²) >= 11 is 11.5. The summed E-state index contributed by atoms with van der Waals surface area (Å²) in [5, 5.41) is 3.09. The second-order valence-corrected chi connectivity index (χ2v) is 5.47. The standard InChI is InChI=1S/C7H5ClO2.C4H3NOS2/c8-5-1-2-6-7(3-5)10-4-9-6;1-2-3(6)5-4(7)8-2/h1-3H,4H2;1H2,(H,5,6,7). The molecule has 1 aromatic rings. The Balaban J connectivity index is 0.000000138. The quantitative estimate of drug-likeness (QED) is 0.590. The number of ether oxygens (including phenoxy) is 2. The third-order valence-electron chi connectivity index (χ3n) is 2.02. The molecule has 0 atom stereocenters. The first-order valence-corrected chi connectivity index (χ1v) is 6.44. The van der Waals surface area contributed by atoms with Gasteiger partial charge in [-0.1, -0.05) is 42.2 Å². The van der Waals surface area contributed by atoms with Gasteiger partial charge in [-0.2, -0.15) is 0 Å². The number of hydrogen-bond acceptors (Lipinski definition) is 5. The van der Waals surface area contributed by atoms with E-state index in [0.717, 1.165) is 11.5 Å². The lowest BCUT2D eigenvalue weighted by Crippen LogP contribution is -2.17. The average molecular weight is 302 g/mol. The van der Waals surface area contributed by atoms with Gasteiger partial charge in [-0.25, -0.2) is 0 Å². The van der Waals surface area contributed by atoms with Crippen LogP contribution >= 0.6 is 35.6 Å². The Labute approximate surface area is 118 Å². The Kier molecular flexibility index (Phi) is 4.11. The Bertz CT molecular complexity index is 515. The zero-order chi connectivity index (χ0) is 13.1. The van der Waals surface area contributed by atoms with Crippen LogP contribution in [0.25, 0.3) is 0 Å². The molecule has 0 aromatic heterocycles. The Hall–Kier alpha value is -1.24. The van der Waals surface area contributed by atoms with Crippen LogP contribution < -0.4 is 14.8 Å². The van der Waals surface area contributed by atoms with Gasteiger partial charge in [0.05, 0.1) is 4.91 Å². The summed E-state index contributed by atoms with van der Waals surface area (Å²) in [7, 11) is 0. The molecule has 2 aliphatic heterocycles. The lowest BCUT2D eigenvalue weighted by molar-refractivity contribution is -0.115. The van der Waals surface area contributed by atoms with Crippen LogP contribution in [0.3, 0.4) is 0 Å². The minimum atomic E-state index is -0.167. The van der Waals surface area contributed by atoms with E-state index in [4.69, 9.17) is 21.1 Å². The zero-order valence-electron chi connectivity index (χ0n) is 9.07. The summed E-state index contributed by atoms with van der Waals surface area (Å²) < 4.78 is 10.6. The van der Waals surface area contributed by atoms with Crippen LogP contribution in [-0.2, 0) is 4.79 Å². The molecule has 0 unspecified atom stereocenters. The number of nitrogens with one attached hydrogen (secondary N) is 1. The van der Waals surface area contributed by atoms with Crippen LogP contribution in [0.15, 0.2) is 29.7 Å². The summed E-state index contributed by atoms with van der Waals surface area (Å²) in [5.41, 5.74) is 0. The van der Waals surface area contributed by atoms with E-state index in [-0.39, 0.29) is 5.91 Å². The van der Waals surface area contributed by atoms with Crippen molar-refractivity contribution in [1.82, 2.24) is 5.32 Å². The lowest BCUT2D eigenvalue weighted by Gasteiger charge is -1.93. The molecule has 18 heavy (non-hydrogen) atoms. The van der Waals surface area contributed by atoms with E-state index < -0.39 is 0 Å². The van der Waals surface area contributed by atoms with Crippen LogP contribution in [0.2, 0.25) is 5.02 Å². The van der Waals surface area contributed by atoms with Gasteiger partial charge in [0.25, 0.3) is 5.91 Å². The first kappa shape index (κ1) is 13.2. The number of amides is 1. The third-order valence-corrected chi connectivity index (χ3v) is 3.33. The first-order valence-electron chi connectivity index (χ1n) is 4.83. The van der Waals surface area contributed by atoms with E-state index >= 15 is 0 Å². The number of halogens is 1. The number of fused-ring (bicyclic) bond motifs is 1. The van der Waals surface area contributed by atoms with Gasteiger partial charge in [-0.15, -0.1) is 0 Å². The largest absolute Gasteiger partial charge is 0.454 e. The Morgan fingerprint density at radius 1 is 1.39 bits per heavy atom. The van der Waals surface area contributed by atoms with Gasteiger partial charge >= 0.3 is 0 Å². The van der Waals surface area contributed by atoms with Crippen molar-refractivity contribution in [2.45, 2.75) is 0 Å². The maximum Gasteiger partial charge on any atom is 0.262 e. The molecule has 1 N–H and O–H groups in total. The summed E-state index contributed by atoms with van der Waals surface area (Å²) in [6, 6.07) is 5.31. The number of carbonyl (C=O) groups is 1. The molecule has 7 heteroatoms. The van der Waals surface area contributed by atoms with Gasteiger partial charge in [0.2, 0.25) is 6.79 Å². The van der Waals surface area contributed by atoms with E-state index in [1.165, 1.54) is 11.8 Å². The van der Waals surface area contributed by atoms with Crippen LogP contribution in [0, 0.1) is 0 Å². The van der Waals surface area contributed by atoms with Crippen molar-refractivity contribution in [2.75, 3.05) is 6.79 Å². The fraction of sp³-hybridized carbons (Fsp3) is 0.0909. The van der Waals surface area contributed by atoms with Crippen molar-refractivity contribution in [1.29, 1.82) is 0 Å². The molecule has 1 saturated heterocycles. The highest BCUT2D eigenvalue weighted by Crippen LogP contribution is 2.33. The molecule has 0 aliphatic carbocycles. The second kappa shape index (κ2) is 5.60. The van der Waals surface area contributed by atoms with Crippen LogP contribution in [0.5, 0.6) is 11.5 Å². The maximum atomic E-state index is 10.5. The van der Waals surface area contributed by atoms with E-state index in [9.17, 15) is 4.79 Å². The molecule has 3 rings (SSSR count). The molecule has 2 heterocycles. The number of carbonyl (C=O) groups excluding carboxylic acids is 1. The molecule has 1 aromatic carbocycles. The molecule has 2 aliphatic rings. The summed E-state index contributed by atoms with van der Waals surface area (Å²) in [4.78, 5) is 10.9. The lowest BCUT2D eigenvalue weighted by atomic mass is 10.3. The van der Waals surface area contributed by atoms with Crippen LogP contribution in [-0.4, -0.2) is 17.0 Å². The minimum Gasteiger partial charge on any atom is -0.454 e. The molecule has 1 fully saturated rings. The molecule has 0 radical (unpaired) electrons. The number of hydrogen-bond donors (Lipinski definition) is 1. The molecule has 1 amide bonds. The number of thioether (sulfide) groups is 1. The Morgan fingerprint density at radius 3 is 2.67 bits per heavy atom. The van der Waals surface area contributed by atoms with Crippen molar-refractivity contribution < 1.29 is 14.3 Å². The second-order valence-electron chi connectivity index (χ2n) is 3.26. The van der Waals surface area contributed by atoms with Crippen LogP contribution in [0.4, 0.5) is 0 Å². The van der Waals surface area contributed by atoms with Gasteiger partial charge in [0.15, 0.2) is 11.5 Å². The highest BCUT2D eigenvalue weighted by atomic mass is 35.5. The van der Waals surface area contributed by atoms with Crippen molar-refractivity contribution in [2.24, 2.45) is 0 Å². The van der Waals surface area contributed by atoms with Crippen molar-refractivity contribution in [3.05, 3.63) is 34.7 Å². The smallest absolute Gasteiger partial charge is 0.262 e. The van der Waals surface area contributed by atoms with Crippen molar-refractivity contribution in [3.8, 4) is 11.5 Å². The molecule has 0 bridgehead atoms. The predicted molar refractivity (Wildman–Crippen MR) is 75.0 cm³/mol. The molecule has 0 saturated carbocycles. The zero-order valence-corrected chi connectivity index (χ0v) is 11.5. The first-order chi connectivity index (χ1) is 8.56. The third kappa shape index (κ3) is 3.16. The fourth-order valence-electron chi connectivity index (χ4n) is 1.22. The molecular formula is C11H8ClNO3S2. The van der Waals surface area contributed by atoms with E-state index in [0.29, 0.717) is 21.0 Å². The minimum absolute atomic E-state index is 0.167. The summed E-state index contributed by atoms with van der Waals surface area (Å²) in [5.74, 6) is 1.33. The Morgan fingerprint density at radius 2 is 2.11 bits per heavy atom. The van der Waals surface area contributed by atoms with Gasteiger partial charge < -0.3 is 14.8 Å². The predicted octanol–water partition coefficient (Wildman–Crippen LogP) is 2.72. The number of rotatable bonds is 0. The van der Waals surface area contributed by atoms with Crippen molar-refractivity contribution >= 4 is 45.8 Å². The van der Waals surface area contributed by atoms with Crippen molar-refractivity contribution in [3.63, 3.8) is 0 Å². The normalized spacial score (nSPS) is 16.2. The van der Waals surface area contributed by atoms with Gasteiger partial charge in [-0.3, -0.25) is 4.79 Å². The monoisotopic (exact) mass is 301 g/mol. The van der Waals surface area contributed by atoms with Crippen LogP contribution in [0.1, 0.15) is 0 Å². The summed E-state index contributed by atoms with van der Waals surface area (Å²) in [6.07, 6.45) is 0. The van der Waals surface area contributed by atoms with E-state index in [2.05, 4.69) is 24.1 Å². The van der Waals surface area contributed by atoms with Gasteiger partial charge in [0.1, 0.15) is 4.32 Å². The highest BCUT2D eigenvalue weighted by molar-refractivity contribution is 8.26. The number of thiocarbonyl (C=S) groups is 1. The average Bonchev–Trinajstić information content (AvgIpc) is 2.86. The maximum absolute atomic E-state index is 10.5. The fourth-order valence-corrected chi connectivity index (χ4v) is 2.28. The highest BCUT2D eigenvalue weighted by Gasteiger charge is 2.18.